The molecule has 0 aliphatic rings. The van der Waals surface area contributed by atoms with Gasteiger partial charge in [-0.3, -0.25) is 0 Å². The number of hydrogen-bond donors (Lipinski definition) is 0. The topological polar surface area (TPSA) is 0 Å². The van der Waals surface area contributed by atoms with Crippen LogP contribution in [0.2, 0.25) is 0 Å². The van der Waals surface area contributed by atoms with Gasteiger partial charge in [0.15, 0.2) is 0 Å². The van der Waals surface area contributed by atoms with Crippen molar-refractivity contribution in [2.45, 2.75) is 0 Å². The van der Waals surface area contributed by atoms with Gasteiger partial charge in [-0.15, -0.1) is 0 Å². The summed E-state index contributed by atoms with van der Waals surface area (Å²) in [6.45, 7) is 0. The van der Waals surface area contributed by atoms with E-state index in [1.54, 1.807) is 0 Å². The quantitative estimate of drug-likeness (QED) is 0.141. The molecule has 0 aromatic heterocycles. The molecule has 16 heavy (non-hydrogen) atoms. The third kappa shape index (κ3) is 134. The number of rotatable bonds is 0. The second-order valence-electron chi connectivity index (χ2n) is 0. The van der Waals surface area contributed by atoms with Crippen LogP contribution in [0.1, 0.15) is 0 Å². The van der Waals surface area contributed by atoms with Crippen LogP contribution < -0.4 is 0 Å². The minimum absolute atomic E-state index is 0. The average Bonchev–Trinajstić information content (AvgIpc) is 0. The van der Waals surface area contributed by atoms with Crippen LogP contribution >= 0.6 is 0 Å². The van der Waals surface area contributed by atoms with E-state index in [0.29, 0.717) is 0 Å². The van der Waals surface area contributed by atoms with Gasteiger partial charge < -0.3 is 94.5 Å². The van der Waals surface area contributed by atoms with Crippen LogP contribution in [-0.2, 0) is 251 Å². The third-order valence-electron chi connectivity index (χ3n) is 0. The van der Waals surface area contributed by atoms with E-state index in [2.05, 4.69) is 0 Å². The van der Waals surface area contributed by atoms with Crippen LogP contribution in [-0.4, -0.2) is 48.9 Å². The summed E-state index contributed by atoms with van der Waals surface area (Å²) in [5.74, 6) is 0. The van der Waals surface area contributed by atoms with Gasteiger partial charge in [0, 0.05) is 134 Å². The Labute approximate surface area is 292 Å². The Morgan fingerprint density at radius 1 is 0.250 bits per heavy atom. The molecule has 0 aliphatic heterocycles. The van der Waals surface area contributed by atoms with Crippen LogP contribution in [0.5, 0.6) is 0 Å². The fourth-order valence-electron chi connectivity index (χ4n) is 0. The molecule has 0 atom stereocenters. The summed E-state index contributed by atoms with van der Waals surface area (Å²) < 4.78 is 0. The first-order chi connectivity index (χ1) is 0. The van der Waals surface area contributed by atoms with Gasteiger partial charge in [0.05, 0.1) is 0 Å². The standard InChI is InChI=1S/7Ag.7H2S.2Sb.2H/h;;;;;;;7*1H2;;;;/q;;;;;;+1;;;;;;;;;;;/p-7. The minimum atomic E-state index is 0. The van der Waals surface area contributed by atoms with Crippen molar-refractivity contribution in [3.8, 4) is 0 Å². The van der Waals surface area contributed by atoms with E-state index in [0.717, 1.165) is 0 Å². The van der Waals surface area contributed by atoms with Crippen molar-refractivity contribution < 1.29 is 157 Å². The van der Waals surface area contributed by atoms with E-state index in [4.69, 9.17) is 0 Å². The molecule has 0 saturated heterocycles. The zero-order valence-corrected chi connectivity index (χ0v) is 28.6. The van der Waals surface area contributed by atoms with Crippen molar-refractivity contribution in [2.75, 3.05) is 0 Å². The number of thiol groups is 7. The van der Waals surface area contributed by atoms with Crippen molar-refractivity contribution in [2.24, 2.45) is 0 Å². The first-order valence-electron chi connectivity index (χ1n) is 0. The second-order valence-corrected chi connectivity index (χ2v) is 0. The molecule has 144 valence electrons. The molecule has 16 heteroatoms. The summed E-state index contributed by atoms with van der Waals surface area (Å²) >= 11 is 0. The molecule has 0 rings (SSSR count). The van der Waals surface area contributed by atoms with Gasteiger partial charge in [-0.1, -0.05) is 0 Å². The summed E-state index contributed by atoms with van der Waals surface area (Å²) in [7, 11) is 0. The maximum absolute atomic E-state index is 0. The van der Waals surface area contributed by atoms with E-state index < -0.39 is 0 Å². The predicted octanol–water partition coefficient (Wildman–Crippen LogP) is -3.21. The first-order valence-corrected chi connectivity index (χ1v) is 0. The monoisotopic (exact) mass is 1220 g/mol. The molecule has 10 radical (unpaired) electrons. The fourth-order valence-corrected chi connectivity index (χ4v) is 0. The maximum atomic E-state index is 0. The average molecular weight is 1230 g/mol. The van der Waals surface area contributed by atoms with Crippen molar-refractivity contribution in [3.05, 3.63) is 0 Å². The third-order valence-corrected chi connectivity index (χ3v) is 0. The zero-order valence-electron chi connectivity index (χ0n) is 6.24. The Balaban J connectivity index is 0. The molecular formula is H9Ag7S7Sb2-6. The molecule has 0 amide bonds. The second kappa shape index (κ2) is 153. The zero-order chi connectivity index (χ0) is 0. The van der Waals surface area contributed by atoms with Crippen LogP contribution in [0, 0.1) is 0 Å². The van der Waals surface area contributed by atoms with Crippen molar-refractivity contribution in [1.29, 1.82) is 0 Å². The molecule has 0 heterocycles. The molecule has 0 nitrogen and oxygen atoms in total. The summed E-state index contributed by atoms with van der Waals surface area (Å²) in [6.07, 6.45) is 0. The normalized spacial score (nSPS) is 0. The summed E-state index contributed by atoms with van der Waals surface area (Å²) in [5, 5.41) is 0. The molecule has 0 fully saturated rings. The predicted molar refractivity (Wildman–Crippen MR) is 75.6 cm³/mol. The Morgan fingerprint density at radius 2 is 0.250 bits per heavy atom. The van der Waals surface area contributed by atoms with Crippen LogP contribution in [0.25, 0.3) is 0 Å². The molecule has 0 bridgehead atoms. The molecule has 0 N–H and O–H groups in total. The Kier molecular flexibility index (Phi) is 1660. The first kappa shape index (κ1) is 173. The van der Waals surface area contributed by atoms with Crippen LogP contribution in [0.15, 0.2) is 0 Å². The van der Waals surface area contributed by atoms with E-state index >= 15 is 0 Å². The molecule has 0 aliphatic carbocycles. The number of hydrogen-bond acceptors (Lipinski definition) is 7. The van der Waals surface area contributed by atoms with Crippen molar-refractivity contribution >= 4 is 143 Å². The van der Waals surface area contributed by atoms with E-state index in [-0.39, 0.29) is 300 Å². The molecular weight excluding hydrogens is 1220 g/mol. The SMILES string of the molecule is [Ag+].[Ag].[Ag].[Ag].[Ag].[Ag].[Ag].[SH-].[SH-].[SH-].[SH-].[SH-].[SH-].[SH-].[SbH].[SbH]. The summed E-state index contributed by atoms with van der Waals surface area (Å²) in [6, 6.07) is 0. The van der Waals surface area contributed by atoms with Crippen molar-refractivity contribution in [1.82, 2.24) is 0 Å². The summed E-state index contributed by atoms with van der Waals surface area (Å²) in [5.41, 5.74) is 0. The molecule has 0 aromatic rings. The summed E-state index contributed by atoms with van der Waals surface area (Å²) in [4.78, 5) is 0. The van der Waals surface area contributed by atoms with Crippen LogP contribution in [0.3, 0.4) is 0 Å². The molecule has 0 spiro atoms. The molecule has 0 aromatic carbocycles. The van der Waals surface area contributed by atoms with Gasteiger partial charge in [-0.05, 0) is 0 Å². The van der Waals surface area contributed by atoms with Crippen molar-refractivity contribution in [3.63, 3.8) is 0 Å². The van der Waals surface area contributed by atoms with E-state index in [1.807, 2.05) is 0 Å². The Bertz CT molecular complexity index is 22.7. The van der Waals surface area contributed by atoms with Gasteiger partial charge in [0.25, 0.3) is 0 Å². The van der Waals surface area contributed by atoms with Gasteiger partial charge >= 0.3 is 71.2 Å². The van der Waals surface area contributed by atoms with E-state index in [1.165, 1.54) is 0 Å². The Hall–Kier alpha value is 9.27. The van der Waals surface area contributed by atoms with Gasteiger partial charge in [0.1, 0.15) is 0 Å². The van der Waals surface area contributed by atoms with Gasteiger partial charge in [0.2, 0.25) is 0 Å². The van der Waals surface area contributed by atoms with Gasteiger partial charge in [-0.2, -0.15) is 0 Å². The molecule has 0 saturated carbocycles. The van der Waals surface area contributed by atoms with Gasteiger partial charge in [-0.25, -0.2) is 0 Å². The Morgan fingerprint density at radius 3 is 0.250 bits per heavy atom. The van der Waals surface area contributed by atoms with Crippen LogP contribution in [0.4, 0.5) is 0 Å². The molecule has 0 unspecified atom stereocenters. The van der Waals surface area contributed by atoms with E-state index in [9.17, 15) is 0 Å². The fraction of sp³-hybridized carbons (Fsp3) is 0.